The summed E-state index contributed by atoms with van der Waals surface area (Å²) in [5.41, 5.74) is 5.56. The Kier molecular flexibility index (Phi) is 11.8. The monoisotopic (exact) mass is 293 g/mol. The minimum atomic E-state index is -2.83. The molecule has 0 spiro atoms. The van der Waals surface area contributed by atoms with Crippen LogP contribution in [0.4, 0.5) is 0 Å². The molecule has 0 radical (unpaired) electrons. The Hall–Kier alpha value is 0.0169. The first-order valence-electron chi connectivity index (χ1n) is 7.44. The molecular weight excluding hydrogens is 262 g/mol. The van der Waals surface area contributed by atoms with Crippen LogP contribution in [0, 0.1) is 0 Å². The van der Waals surface area contributed by atoms with E-state index in [1.165, 1.54) is 6.42 Å². The van der Waals surface area contributed by atoms with Crippen LogP contribution in [0.2, 0.25) is 0 Å². The largest absolute Gasteiger partial charge is 0.532 e. The smallest absolute Gasteiger partial charge is 0.372 e. The maximum atomic E-state index is 5.88. The van der Waals surface area contributed by atoms with Gasteiger partial charge in [0.15, 0.2) is 0 Å². The van der Waals surface area contributed by atoms with Crippen molar-refractivity contribution in [2.45, 2.75) is 52.7 Å². The Balaban J connectivity index is 4.62. The van der Waals surface area contributed by atoms with Crippen LogP contribution >= 0.6 is 0 Å². The fraction of sp³-hybridized carbons (Fsp3) is 1.00. The van der Waals surface area contributed by atoms with E-state index in [1.54, 1.807) is 0 Å². The van der Waals surface area contributed by atoms with Crippen LogP contribution in [0.15, 0.2) is 0 Å². The van der Waals surface area contributed by atoms with Crippen LogP contribution in [-0.2, 0) is 18.0 Å². The second kappa shape index (κ2) is 11.8. The molecule has 0 aromatic carbocycles. The molecule has 0 saturated carbocycles. The third-order valence-corrected chi connectivity index (χ3v) is 5.98. The van der Waals surface area contributed by atoms with Gasteiger partial charge >= 0.3 is 8.80 Å². The highest BCUT2D eigenvalue weighted by atomic mass is 28.4. The molecular formula is C13H31NO4Si. The normalized spacial score (nSPS) is 13.7. The van der Waals surface area contributed by atoms with Crippen molar-refractivity contribution < 1.29 is 18.0 Å². The Bertz CT molecular complexity index is 190. The van der Waals surface area contributed by atoms with E-state index < -0.39 is 8.80 Å². The zero-order valence-corrected chi connectivity index (χ0v) is 13.9. The second-order valence-electron chi connectivity index (χ2n) is 4.20. The Labute approximate surface area is 119 Å². The van der Waals surface area contributed by atoms with Gasteiger partial charge in [0.05, 0.1) is 0 Å². The van der Waals surface area contributed by atoms with E-state index in [9.17, 15) is 0 Å². The van der Waals surface area contributed by atoms with Crippen LogP contribution in [-0.4, -0.2) is 47.5 Å². The van der Waals surface area contributed by atoms with Gasteiger partial charge in [-0.3, -0.25) is 0 Å². The van der Waals surface area contributed by atoms with E-state index >= 15 is 0 Å². The molecule has 0 bridgehead atoms. The second-order valence-corrected chi connectivity index (χ2v) is 6.92. The molecule has 0 aromatic heterocycles. The highest BCUT2D eigenvalue weighted by molar-refractivity contribution is 6.62. The molecule has 2 N–H and O–H groups in total. The van der Waals surface area contributed by atoms with E-state index in [1.807, 2.05) is 20.8 Å². The third-order valence-electron chi connectivity index (χ3n) is 2.71. The van der Waals surface area contributed by atoms with E-state index in [0.717, 1.165) is 12.8 Å². The minimum Gasteiger partial charge on any atom is -0.372 e. The molecule has 0 aliphatic heterocycles. The predicted octanol–water partition coefficient (Wildman–Crippen LogP) is 2.11. The van der Waals surface area contributed by atoms with Gasteiger partial charge in [0.1, 0.15) is 5.73 Å². The van der Waals surface area contributed by atoms with E-state index in [0.29, 0.717) is 33.0 Å². The molecule has 5 nitrogen and oxygen atoms in total. The molecule has 0 aromatic rings. The molecule has 19 heavy (non-hydrogen) atoms. The first-order chi connectivity index (χ1) is 9.20. The van der Waals surface area contributed by atoms with Crippen molar-refractivity contribution in [3.05, 3.63) is 0 Å². The molecule has 0 aliphatic rings. The quantitative estimate of drug-likeness (QED) is 0.416. The number of hydrogen-bond acceptors (Lipinski definition) is 5. The molecule has 0 fully saturated rings. The van der Waals surface area contributed by atoms with Crippen molar-refractivity contribution >= 4 is 8.80 Å². The van der Waals surface area contributed by atoms with E-state index in [4.69, 9.17) is 23.7 Å². The molecule has 0 amide bonds. The summed E-state index contributed by atoms with van der Waals surface area (Å²) < 4.78 is 23.3. The maximum Gasteiger partial charge on any atom is 0.532 e. The molecule has 6 heteroatoms. The average molecular weight is 293 g/mol. The van der Waals surface area contributed by atoms with Crippen molar-refractivity contribution in [2.75, 3.05) is 33.0 Å². The molecule has 0 heterocycles. The highest BCUT2D eigenvalue weighted by Gasteiger charge is 2.49. The minimum absolute atomic E-state index is 0.274. The van der Waals surface area contributed by atoms with Crippen LogP contribution in [0.5, 0.6) is 0 Å². The summed E-state index contributed by atoms with van der Waals surface area (Å²) in [5, 5.41) is 0. The summed E-state index contributed by atoms with van der Waals surface area (Å²) in [6, 6.07) is 0. The van der Waals surface area contributed by atoms with Gasteiger partial charge in [-0.2, -0.15) is 0 Å². The first kappa shape index (κ1) is 19.0. The van der Waals surface area contributed by atoms with Crippen LogP contribution < -0.4 is 5.73 Å². The van der Waals surface area contributed by atoms with Crippen LogP contribution in [0.25, 0.3) is 0 Å². The number of ether oxygens (including phenoxy) is 1. The maximum absolute atomic E-state index is 5.88. The zero-order chi connectivity index (χ0) is 14.6. The lowest BCUT2D eigenvalue weighted by molar-refractivity contribution is -0.00755. The van der Waals surface area contributed by atoms with E-state index in [2.05, 4.69) is 6.92 Å². The van der Waals surface area contributed by atoms with Crippen molar-refractivity contribution in [3.63, 3.8) is 0 Å². The summed E-state index contributed by atoms with van der Waals surface area (Å²) in [6.07, 6.45) is 3.35. The summed E-state index contributed by atoms with van der Waals surface area (Å²) in [4.78, 5) is 0. The summed E-state index contributed by atoms with van der Waals surface area (Å²) >= 11 is 0. The summed E-state index contributed by atoms with van der Waals surface area (Å²) in [5.74, 6) is 0. The van der Waals surface area contributed by atoms with E-state index in [-0.39, 0.29) is 5.73 Å². The van der Waals surface area contributed by atoms with Crippen LogP contribution in [0.1, 0.15) is 47.0 Å². The Morgan fingerprint density at radius 2 is 1.42 bits per heavy atom. The molecule has 1 unspecified atom stereocenters. The standard InChI is InChI=1S/C13H31NO4Si/c1-5-9-10-11-15-13(12-14)19(16-6-2,17-7-3)18-8-4/h13H,5-12,14H2,1-4H3. The van der Waals surface area contributed by atoms with Crippen molar-refractivity contribution in [1.29, 1.82) is 0 Å². The lowest BCUT2D eigenvalue weighted by atomic mass is 10.3. The van der Waals surface area contributed by atoms with Crippen molar-refractivity contribution in [1.82, 2.24) is 0 Å². The van der Waals surface area contributed by atoms with Crippen molar-refractivity contribution in [3.8, 4) is 0 Å². The summed E-state index contributed by atoms with van der Waals surface area (Å²) in [7, 11) is -2.83. The number of hydrogen-bond donors (Lipinski definition) is 1. The SMILES string of the molecule is CCCCCOC(CN)[Si](OCC)(OCC)OCC. The fourth-order valence-electron chi connectivity index (χ4n) is 1.90. The van der Waals surface area contributed by atoms with Gasteiger partial charge < -0.3 is 23.7 Å². The molecule has 0 aliphatic carbocycles. The first-order valence-corrected chi connectivity index (χ1v) is 9.24. The predicted molar refractivity (Wildman–Crippen MR) is 79.0 cm³/mol. The van der Waals surface area contributed by atoms with Crippen LogP contribution in [0.3, 0.4) is 0 Å². The van der Waals surface area contributed by atoms with Gasteiger partial charge in [0.25, 0.3) is 0 Å². The molecule has 116 valence electrons. The van der Waals surface area contributed by atoms with Gasteiger partial charge in [-0.05, 0) is 27.2 Å². The Morgan fingerprint density at radius 1 is 0.895 bits per heavy atom. The van der Waals surface area contributed by atoms with Gasteiger partial charge in [0, 0.05) is 33.0 Å². The highest BCUT2D eigenvalue weighted by Crippen LogP contribution is 2.18. The fourth-order valence-corrected chi connectivity index (χ4v) is 4.52. The lowest BCUT2D eigenvalue weighted by Crippen LogP contribution is -2.60. The van der Waals surface area contributed by atoms with Gasteiger partial charge in [-0.15, -0.1) is 0 Å². The molecule has 0 rings (SSSR count). The zero-order valence-electron chi connectivity index (χ0n) is 12.9. The number of unbranched alkanes of at least 4 members (excludes halogenated alkanes) is 2. The molecule has 1 atom stereocenters. The van der Waals surface area contributed by atoms with Gasteiger partial charge in [-0.1, -0.05) is 19.8 Å². The van der Waals surface area contributed by atoms with Gasteiger partial charge in [0.2, 0.25) is 0 Å². The average Bonchev–Trinajstić information content (AvgIpc) is 2.39. The number of nitrogens with two attached hydrogens (primary N) is 1. The third kappa shape index (κ3) is 6.83. The number of rotatable bonds is 13. The molecule has 0 saturated heterocycles. The van der Waals surface area contributed by atoms with Gasteiger partial charge in [-0.25, -0.2) is 0 Å². The lowest BCUT2D eigenvalue weighted by Gasteiger charge is -2.34. The summed E-state index contributed by atoms with van der Waals surface area (Å²) in [6.45, 7) is 10.6. The topological polar surface area (TPSA) is 62.9 Å². The van der Waals surface area contributed by atoms with Crippen molar-refractivity contribution in [2.24, 2.45) is 5.73 Å². The Morgan fingerprint density at radius 3 is 1.79 bits per heavy atom.